The Hall–Kier alpha value is -1.29. The van der Waals surface area contributed by atoms with Crippen LogP contribution in [0.5, 0.6) is 0 Å². The lowest BCUT2D eigenvalue weighted by atomic mass is 10.0. The van der Waals surface area contributed by atoms with Gasteiger partial charge in [0.05, 0.1) is 5.69 Å². The monoisotopic (exact) mass is 406 g/mol. The molecule has 10 heteroatoms. The van der Waals surface area contributed by atoms with Crippen LogP contribution in [-0.2, 0) is 26.5 Å². The molecule has 0 fully saturated rings. The third kappa shape index (κ3) is 3.39. The summed E-state index contributed by atoms with van der Waals surface area (Å²) < 4.78 is 52.7. The number of aryl methyl sites for hydroxylation is 1. The van der Waals surface area contributed by atoms with Crippen molar-refractivity contribution in [3.63, 3.8) is 0 Å². The summed E-state index contributed by atoms with van der Waals surface area (Å²) in [5.41, 5.74) is 1.75. The molecule has 24 heavy (non-hydrogen) atoms. The van der Waals surface area contributed by atoms with E-state index in [0.29, 0.717) is 35.0 Å². The van der Waals surface area contributed by atoms with Crippen LogP contribution >= 0.6 is 22.9 Å². The molecule has 0 saturated carbocycles. The van der Waals surface area contributed by atoms with Crippen LogP contribution in [0.15, 0.2) is 39.9 Å². The maximum Gasteiger partial charge on any atom is 0.273 e. The number of thiophene rings is 1. The van der Waals surface area contributed by atoms with Gasteiger partial charge in [-0.3, -0.25) is 9.03 Å². The predicted octanol–water partition coefficient (Wildman–Crippen LogP) is 2.83. The quantitative estimate of drug-likeness (QED) is 0.774. The maximum atomic E-state index is 12.8. The Morgan fingerprint density at radius 3 is 2.67 bits per heavy atom. The zero-order chi connectivity index (χ0) is 17.4. The highest BCUT2D eigenvalue weighted by atomic mass is 35.5. The molecule has 3 rings (SSSR count). The summed E-state index contributed by atoms with van der Waals surface area (Å²) >= 11 is 6.57. The van der Waals surface area contributed by atoms with Crippen LogP contribution in [0.25, 0.3) is 0 Å². The van der Waals surface area contributed by atoms with E-state index in [9.17, 15) is 16.8 Å². The van der Waals surface area contributed by atoms with Gasteiger partial charge in [-0.15, -0.1) is 22.9 Å². The standard InChI is InChI=1S/C14H15ClN2O4S3/c15-10-23(18,19)16-12-5-6-13-11(9-12)3-1-7-17(13)24(20,21)14-4-2-8-22-14/h2,4-6,8-9,16H,1,3,7,10H2. The summed E-state index contributed by atoms with van der Waals surface area (Å²) in [5.74, 6) is 0. The molecule has 0 saturated heterocycles. The number of hydrogen-bond acceptors (Lipinski definition) is 5. The Kier molecular flexibility index (Phi) is 4.78. The Labute approximate surface area is 150 Å². The normalized spacial score (nSPS) is 15.1. The van der Waals surface area contributed by atoms with E-state index in [0.717, 1.165) is 5.56 Å². The molecule has 0 spiro atoms. The molecule has 0 atom stereocenters. The smallest absolute Gasteiger partial charge is 0.273 e. The van der Waals surface area contributed by atoms with Crippen molar-refractivity contribution in [3.05, 3.63) is 41.3 Å². The maximum absolute atomic E-state index is 12.8. The average molecular weight is 407 g/mol. The van der Waals surface area contributed by atoms with Gasteiger partial charge in [-0.2, -0.15) is 0 Å². The molecule has 0 amide bonds. The number of nitrogens with zero attached hydrogens (tertiary/aromatic N) is 1. The van der Waals surface area contributed by atoms with Crippen molar-refractivity contribution in [2.75, 3.05) is 20.8 Å². The molecule has 0 radical (unpaired) electrons. The van der Waals surface area contributed by atoms with Crippen molar-refractivity contribution in [1.82, 2.24) is 0 Å². The summed E-state index contributed by atoms with van der Waals surface area (Å²) in [7, 11) is -7.18. The van der Waals surface area contributed by atoms with E-state index in [1.807, 2.05) is 0 Å². The van der Waals surface area contributed by atoms with Crippen LogP contribution in [0.1, 0.15) is 12.0 Å². The molecule has 1 aromatic carbocycles. The van der Waals surface area contributed by atoms with Gasteiger partial charge in [0.15, 0.2) is 0 Å². The van der Waals surface area contributed by atoms with E-state index in [1.165, 1.54) is 15.6 Å². The number of nitrogens with one attached hydrogen (secondary N) is 1. The SMILES string of the molecule is O=S(=O)(CCl)Nc1ccc2c(c1)CCCN2S(=O)(=O)c1cccs1. The third-order valence-corrected chi connectivity index (χ3v) is 8.49. The first-order valence-electron chi connectivity index (χ1n) is 7.09. The number of benzene rings is 1. The van der Waals surface area contributed by atoms with Gasteiger partial charge < -0.3 is 0 Å². The van der Waals surface area contributed by atoms with Gasteiger partial charge in [-0.25, -0.2) is 16.8 Å². The molecular weight excluding hydrogens is 392 g/mol. The van der Waals surface area contributed by atoms with Crippen LogP contribution in [0.3, 0.4) is 0 Å². The van der Waals surface area contributed by atoms with Gasteiger partial charge >= 0.3 is 0 Å². The van der Waals surface area contributed by atoms with Gasteiger partial charge in [0.25, 0.3) is 10.0 Å². The van der Waals surface area contributed by atoms with Crippen LogP contribution in [0, 0.1) is 0 Å². The number of halogens is 1. The number of alkyl halides is 1. The van der Waals surface area contributed by atoms with E-state index in [2.05, 4.69) is 4.72 Å². The number of anilines is 2. The van der Waals surface area contributed by atoms with Crippen molar-refractivity contribution >= 4 is 54.4 Å². The molecule has 2 aromatic rings. The Balaban J connectivity index is 1.98. The van der Waals surface area contributed by atoms with Crippen LogP contribution in [-0.4, -0.2) is 28.6 Å². The van der Waals surface area contributed by atoms with E-state index in [-0.39, 0.29) is 0 Å². The van der Waals surface area contributed by atoms with Gasteiger partial charge in [-0.1, -0.05) is 6.07 Å². The van der Waals surface area contributed by atoms with Crippen molar-refractivity contribution in [1.29, 1.82) is 0 Å². The topological polar surface area (TPSA) is 83.6 Å². The Bertz CT molecular complexity index is 940. The summed E-state index contributed by atoms with van der Waals surface area (Å²) in [6.45, 7) is 0.403. The number of hydrogen-bond donors (Lipinski definition) is 1. The number of sulfonamides is 2. The minimum atomic E-state index is -3.59. The largest absolute Gasteiger partial charge is 0.283 e. The summed E-state index contributed by atoms with van der Waals surface area (Å²) in [4.78, 5) is 0. The van der Waals surface area contributed by atoms with Gasteiger partial charge in [-0.05, 0) is 48.1 Å². The fourth-order valence-electron chi connectivity index (χ4n) is 2.60. The van der Waals surface area contributed by atoms with Gasteiger partial charge in [0.1, 0.15) is 9.42 Å². The van der Waals surface area contributed by atoms with Crippen molar-refractivity contribution in [2.24, 2.45) is 0 Å². The summed E-state index contributed by atoms with van der Waals surface area (Å²) in [6.07, 6.45) is 1.35. The first kappa shape index (κ1) is 17.5. The van der Waals surface area contributed by atoms with Crippen molar-refractivity contribution in [3.8, 4) is 0 Å². The highest BCUT2D eigenvalue weighted by Gasteiger charge is 2.30. The molecule has 0 unspecified atom stereocenters. The van der Waals surface area contributed by atoms with Crippen molar-refractivity contribution in [2.45, 2.75) is 17.1 Å². The molecule has 0 bridgehead atoms. The second-order valence-electron chi connectivity index (χ2n) is 5.28. The lowest BCUT2D eigenvalue weighted by Gasteiger charge is -2.30. The van der Waals surface area contributed by atoms with Crippen LogP contribution in [0.2, 0.25) is 0 Å². The molecule has 6 nitrogen and oxygen atoms in total. The van der Waals surface area contributed by atoms with E-state index in [4.69, 9.17) is 11.6 Å². The third-order valence-electron chi connectivity index (χ3n) is 3.61. The number of fused-ring (bicyclic) bond motifs is 1. The Morgan fingerprint density at radius 2 is 2.00 bits per heavy atom. The minimum Gasteiger partial charge on any atom is -0.283 e. The Morgan fingerprint density at radius 1 is 1.21 bits per heavy atom. The second-order valence-corrected chi connectivity index (χ2v) is 10.6. The molecule has 0 aliphatic carbocycles. The van der Waals surface area contributed by atoms with E-state index >= 15 is 0 Å². The molecular formula is C14H15ClN2O4S3. The lowest BCUT2D eigenvalue weighted by Crippen LogP contribution is -2.35. The highest BCUT2D eigenvalue weighted by molar-refractivity contribution is 7.94. The summed E-state index contributed by atoms with van der Waals surface area (Å²) in [6, 6.07) is 8.12. The van der Waals surface area contributed by atoms with Crippen LogP contribution in [0.4, 0.5) is 11.4 Å². The number of rotatable bonds is 5. The molecule has 1 N–H and O–H groups in total. The molecule has 2 heterocycles. The fourth-order valence-corrected chi connectivity index (χ4v) is 5.95. The van der Waals surface area contributed by atoms with Gasteiger partial charge in [0, 0.05) is 12.2 Å². The molecule has 1 aromatic heterocycles. The van der Waals surface area contributed by atoms with E-state index in [1.54, 1.807) is 35.7 Å². The first-order chi connectivity index (χ1) is 11.3. The fraction of sp³-hybridized carbons (Fsp3) is 0.286. The van der Waals surface area contributed by atoms with Crippen LogP contribution < -0.4 is 9.03 Å². The second kappa shape index (κ2) is 6.55. The highest BCUT2D eigenvalue weighted by Crippen LogP contribution is 2.34. The van der Waals surface area contributed by atoms with Crippen molar-refractivity contribution < 1.29 is 16.8 Å². The van der Waals surface area contributed by atoms with Gasteiger partial charge in [0.2, 0.25) is 10.0 Å². The zero-order valence-corrected chi connectivity index (χ0v) is 15.7. The summed E-state index contributed by atoms with van der Waals surface area (Å²) in [5, 5.41) is 1.19. The van der Waals surface area contributed by atoms with E-state index < -0.39 is 25.3 Å². The molecule has 130 valence electrons. The predicted molar refractivity (Wildman–Crippen MR) is 96.9 cm³/mol. The lowest BCUT2D eigenvalue weighted by molar-refractivity contribution is 0.588. The molecule has 1 aliphatic heterocycles. The zero-order valence-electron chi connectivity index (χ0n) is 12.5. The molecule has 1 aliphatic rings. The minimum absolute atomic E-state index is 0.294. The first-order valence-corrected chi connectivity index (χ1v) is 11.6. The average Bonchev–Trinajstić information content (AvgIpc) is 3.09.